The van der Waals surface area contributed by atoms with Gasteiger partial charge in [0.15, 0.2) is 16.1 Å². The summed E-state index contributed by atoms with van der Waals surface area (Å²) in [7, 11) is 0. The predicted octanol–water partition coefficient (Wildman–Crippen LogP) is 2.80. The summed E-state index contributed by atoms with van der Waals surface area (Å²) >= 11 is 6.83. The molecule has 2 aromatic rings. The number of carbonyl (C=O) groups excluding carboxylic acids is 2. The van der Waals surface area contributed by atoms with Gasteiger partial charge in [0.05, 0.1) is 17.8 Å². The lowest BCUT2D eigenvalue weighted by atomic mass is 10.1. The number of Topliss-reactive ketones (excluding diaryl/α,β-unsaturated/α-hetero) is 1. The number of fused-ring (bicyclic) bond motifs is 1. The first kappa shape index (κ1) is 13.1. The van der Waals surface area contributed by atoms with Gasteiger partial charge in [-0.05, 0) is 6.07 Å². The molecule has 0 N–H and O–H groups in total. The van der Waals surface area contributed by atoms with Crippen molar-refractivity contribution >= 4 is 40.3 Å². The van der Waals surface area contributed by atoms with E-state index in [0.29, 0.717) is 9.34 Å². The topological polar surface area (TPSA) is 50.3 Å². The van der Waals surface area contributed by atoms with Crippen LogP contribution in [0.2, 0.25) is 4.47 Å². The number of hydrogen-bond donors (Lipinski definition) is 0. The van der Waals surface area contributed by atoms with Crippen molar-refractivity contribution in [1.82, 2.24) is 4.98 Å². The summed E-state index contributed by atoms with van der Waals surface area (Å²) in [6.07, 6.45) is 1.46. The van der Waals surface area contributed by atoms with Crippen LogP contribution in [0.25, 0.3) is 0 Å². The zero-order valence-corrected chi connectivity index (χ0v) is 11.3. The first-order valence-corrected chi connectivity index (χ1v) is 6.62. The maximum Gasteiger partial charge on any atom is 0.299 e. The maximum atomic E-state index is 13.3. The zero-order valence-electron chi connectivity index (χ0n) is 9.69. The number of ketones is 1. The highest BCUT2D eigenvalue weighted by Gasteiger charge is 2.37. The lowest BCUT2D eigenvalue weighted by molar-refractivity contribution is -0.114. The number of benzene rings is 1. The minimum Gasteiger partial charge on any atom is -0.299 e. The Morgan fingerprint density at radius 1 is 1.25 bits per heavy atom. The Balaban J connectivity index is 2.03. The van der Waals surface area contributed by atoms with Crippen LogP contribution in [0.1, 0.15) is 15.2 Å². The maximum absolute atomic E-state index is 13.3. The lowest BCUT2D eigenvalue weighted by Crippen LogP contribution is -2.28. The van der Waals surface area contributed by atoms with Crippen LogP contribution < -0.4 is 4.90 Å². The van der Waals surface area contributed by atoms with Gasteiger partial charge in [-0.2, -0.15) is 0 Å². The number of hydrogen-bond acceptors (Lipinski definition) is 4. The molecule has 0 spiro atoms. The van der Waals surface area contributed by atoms with Gasteiger partial charge in [-0.3, -0.25) is 14.5 Å². The van der Waals surface area contributed by atoms with Gasteiger partial charge in [-0.25, -0.2) is 13.8 Å². The number of halogens is 3. The van der Waals surface area contributed by atoms with Gasteiger partial charge >= 0.3 is 0 Å². The normalized spacial score (nSPS) is 14.1. The highest BCUT2D eigenvalue weighted by Crippen LogP contribution is 2.33. The molecular formula is C12H5ClF2N2O2S. The summed E-state index contributed by atoms with van der Waals surface area (Å²) in [4.78, 5) is 29.2. The fourth-order valence-electron chi connectivity index (χ4n) is 1.96. The zero-order chi connectivity index (χ0) is 14.4. The number of carbonyl (C=O) groups is 2. The van der Waals surface area contributed by atoms with Crippen molar-refractivity contribution in [2.24, 2.45) is 0 Å². The number of thiazole rings is 1. The van der Waals surface area contributed by atoms with E-state index < -0.39 is 23.3 Å². The fraction of sp³-hybridized carbons (Fsp3) is 0.0833. The molecule has 0 saturated heterocycles. The van der Waals surface area contributed by atoms with Crippen molar-refractivity contribution in [2.45, 2.75) is 6.54 Å². The third-order valence-electron chi connectivity index (χ3n) is 2.85. The minimum atomic E-state index is -1.16. The molecule has 0 fully saturated rings. The van der Waals surface area contributed by atoms with Crippen LogP contribution in [-0.4, -0.2) is 16.7 Å². The molecule has 0 saturated carbocycles. The summed E-state index contributed by atoms with van der Waals surface area (Å²) < 4.78 is 26.7. The third kappa shape index (κ3) is 1.99. The van der Waals surface area contributed by atoms with Crippen molar-refractivity contribution in [3.63, 3.8) is 0 Å². The van der Waals surface area contributed by atoms with Crippen LogP contribution >= 0.6 is 22.9 Å². The van der Waals surface area contributed by atoms with Gasteiger partial charge in [0.2, 0.25) is 0 Å². The highest BCUT2D eigenvalue weighted by molar-refractivity contribution is 7.15. The first-order chi connectivity index (χ1) is 9.47. The van der Waals surface area contributed by atoms with Gasteiger partial charge in [-0.15, -0.1) is 11.3 Å². The molecule has 1 aromatic carbocycles. The summed E-state index contributed by atoms with van der Waals surface area (Å²) in [6.45, 7) is 0.0348. The minimum absolute atomic E-state index is 0.0348. The molecule has 1 aromatic heterocycles. The van der Waals surface area contributed by atoms with Crippen LogP contribution in [0, 0.1) is 11.6 Å². The number of amides is 1. The van der Waals surface area contributed by atoms with Crippen LogP contribution in [0.15, 0.2) is 18.3 Å². The molecule has 4 nitrogen and oxygen atoms in total. The second kappa shape index (κ2) is 4.60. The highest BCUT2D eigenvalue weighted by atomic mass is 35.5. The van der Waals surface area contributed by atoms with E-state index in [9.17, 15) is 18.4 Å². The fourth-order valence-corrected chi connectivity index (χ4v) is 2.93. The van der Waals surface area contributed by atoms with Crippen LogP contribution in [0.4, 0.5) is 14.5 Å². The van der Waals surface area contributed by atoms with Gasteiger partial charge in [0.1, 0.15) is 0 Å². The Morgan fingerprint density at radius 2 is 1.95 bits per heavy atom. The van der Waals surface area contributed by atoms with E-state index in [1.54, 1.807) is 0 Å². The molecule has 1 amide bonds. The molecule has 0 atom stereocenters. The number of nitrogens with zero attached hydrogens (tertiary/aromatic N) is 2. The van der Waals surface area contributed by atoms with E-state index in [-0.39, 0.29) is 17.8 Å². The Labute approximate surface area is 120 Å². The van der Waals surface area contributed by atoms with Crippen molar-refractivity contribution in [2.75, 3.05) is 4.90 Å². The van der Waals surface area contributed by atoms with Crippen LogP contribution in [0.5, 0.6) is 0 Å². The quantitative estimate of drug-likeness (QED) is 0.801. The molecule has 0 aliphatic carbocycles. The SMILES string of the molecule is O=C1C(=O)N(Cc2cnc(Cl)s2)c2cc(F)c(F)cc21. The largest absolute Gasteiger partial charge is 0.299 e. The average molecular weight is 315 g/mol. The Bertz CT molecular complexity index is 747. The van der Waals surface area contributed by atoms with E-state index in [1.807, 2.05) is 0 Å². The summed E-state index contributed by atoms with van der Waals surface area (Å²) in [5.41, 5.74) is -0.0760. The summed E-state index contributed by atoms with van der Waals surface area (Å²) in [6, 6.07) is 1.58. The van der Waals surface area contributed by atoms with Crippen LogP contribution in [-0.2, 0) is 11.3 Å². The molecule has 1 aliphatic rings. The molecule has 1 aliphatic heterocycles. The average Bonchev–Trinajstić information content (AvgIpc) is 2.90. The smallest absolute Gasteiger partial charge is 0.299 e. The third-order valence-corrected chi connectivity index (χ3v) is 3.95. The molecule has 8 heteroatoms. The number of rotatable bonds is 2. The molecule has 0 radical (unpaired) electrons. The van der Waals surface area contributed by atoms with Gasteiger partial charge in [0, 0.05) is 17.1 Å². The molecule has 0 unspecified atom stereocenters. The van der Waals surface area contributed by atoms with Gasteiger partial charge in [0.25, 0.3) is 11.7 Å². The van der Waals surface area contributed by atoms with Crippen molar-refractivity contribution < 1.29 is 18.4 Å². The summed E-state index contributed by atoms with van der Waals surface area (Å²) in [5, 5.41) is 0. The van der Waals surface area contributed by atoms with Crippen molar-refractivity contribution in [3.8, 4) is 0 Å². The molecule has 102 valence electrons. The van der Waals surface area contributed by atoms with E-state index in [1.165, 1.54) is 6.20 Å². The van der Waals surface area contributed by atoms with E-state index >= 15 is 0 Å². The molecule has 2 heterocycles. The van der Waals surface area contributed by atoms with Crippen LogP contribution in [0.3, 0.4) is 0 Å². The van der Waals surface area contributed by atoms with Gasteiger partial charge in [-0.1, -0.05) is 11.6 Å². The molecule has 0 bridgehead atoms. The lowest BCUT2D eigenvalue weighted by Gasteiger charge is -2.15. The number of anilines is 1. The number of aromatic nitrogens is 1. The first-order valence-electron chi connectivity index (χ1n) is 5.43. The Kier molecular flexibility index (Phi) is 3.02. The molecule has 3 rings (SSSR count). The molecular weight excluding hydrogens is 310 g/mol. The standard InChI is InChI=1S/C12H5ClF2N2O2S/c13-12-16-3-5(20-12)4-17-9-2-8(15)7(14)1-6(9)10(18)11(17)19/h1-3H,4H2. The predicted molar refractivity (Wildman–Crippen MR) is 69.0 cm³/mol. The van der Waals surface area contributed by atoms with E-state index in [4.69, 9.17) is 11.6 Å². The second-order valence-electron chi connectivity index (χ2n) is 4.08. The van der Waals surface area contributed by atoms with E-state index in [0.717, 1.165) is 28.4 Å². The van der Waals surface area contributed by atoms with E-state index in [2.05, 4.69) is 4.98 Å². The van der Waals surface area contributed by atoms with Crippen molar-refractivity contribution in [3.05, 3.63) is 44.9 Å². The van der Waals surface area contributed by atoms with Crippen molar-refractivity contribution in [1.29, 1.82) is 0 Å². The summed E-state index contributed by atoms with van der Waals surface area (Å²) in [5.74, 6) is -3.95. The monoisotopic (exact) mass is 314 g/mol. The Hall–Kier alpha value is -1.86. The second-order valence-corrected chi connectivity index (χ2v) is 5.78. The van der Waals surface area contributed by atoms with Gasteiger partial charge < -0.3 is 0 Å². The molecule has 20 heavy (non-hydrogen) atoms. The Morgan fingerprint density at radius 3 is 2.60 bits per heavy atom.